The number of aryl methyl sites for hydroxylation is 1. The Morgan fingerprint density at radius 3 is 2.42 bits per heavy atom. The van der Waals surface area contributed by atoms with Crippen molar-refractivity contribution in [3.63, 3.8) is 0 Å². The third-order valence-corrected chi connectivity index (χ3v) is 3.69. The molecule has 5 heteroatoms. The average Bonchev–Trinajstić information content (AvgIpc) is 2.76. The second-order valence-corrected chi connectivity index (χ2v) is 5.51. The SMILES string of the molecule is Brc1ccccc1.Cn1cnnc1C1CC(C#N)C1. The lowest BCUT2D eigenvalue weighted by atomic mass is 9.75. The Kier molecular flexibility index (Phi) is 4.69. The summed E-state index contributed by atoms with van der Waals surface area (Å²) in [4.78, 5) is 0. The van der Waals surface area contributed by atoms with E-state index in [1.165, 1.54) is 0 Å². The van der Waals surface area contributed by atoms with Crippen LogP contribution in [0.5, 0.6) is 0 Å². The molecule has 1 aliphatic rings. The zero-order valence-electron chi connectivity index (χ0n) is 10.7. The molecule has 19 heavy (non-hydrogen) atoms. The van der Waals surface area contributed by atoms with Crippen molar-refractivity contribution in [2.24, 2.45) is 13.0 Å². The summed E-state index contributed by atoms with van der Waals surface area (Å²) in [5.41, 5.74) is 0. The number of nitrogens with zero attached hydrogens (tertiary/aromatic N) is 4. The second-order valence-electron chi connectivity index (χ2n) is 4.59. The van der Waals surface area contributed by atoms with E-state index in [-0.39, 0.29) is 5.92 Å². The summed E-state index contributed by atoms with van der Waals surface area (Å²) in [7, 11) is 1.94. The predicted octanol–water partition coefficient (Wildman–Crippen LogP) is 3.28. The second kappa shape index (κ2) is 6.48. The fourth-order valence-electron chi connectivity index (χ4n) is 2.01. The molecular formula is C14H15BrN4. The summed E-state index contributed by atoms with van der Waals surface area (Å²) in [6, 6.07) is 12.2. The molecule has 1 aliphatic carbocycles. The van der Waals surface area contributed by atoms with Crippen LogP contribution in [0.1, 0.15) is 24.6 Å². The van der Waals surface area contributed by atoms with E-state index in [1.54, 1.807) is 6.33 Å². The highest BCUT2D eigenvalue weighted by Gasteiger charge is 2.32. The zero-order chi connectivity index (χ0) is 13.7. The first-order valence-corrected chi connectivity index (χ1v) is 6.94. The minimum atomic E-state index is 0.242. The van der Waals surface area contributed by atoms with Crippen LogP contribution in [-0.2, 0) is 7.05 Å². The van der Waals surface area contributed by atoms with Crippen molar-refractivity contribution >= 4 is 15.9 Å². The third-order valence-electron chi connectivity index (χ3n) is 3.17. The van der Waals surface area contributed by atoms with E-state index in [0.29, 0.717) is 5.92 Å². The van der Waals surface area contributed by atoms with Crippen molar-refractivity contribution in [1.29, 1.82) is 5.26 Å². The van der Waals surface area contributed by atoms with Gasteiger partial charge in [-0.2, -0.15) is 5.26 Å². The molecule has 0 aliphatic heterocycles. The highest BCUT2D eigenvalue weighted by atomic mass is 79.9. The van der Waals surface area contributed by atoms with Crippen molar-refractivity contribution in [3.8, 4) is 6.07 Å². The summed E-state index contributed by atoms with van der Waals surface area (Å²) in [5, 5.41) is 16.4. The molecule has 1 aromatic carbocycles. The highest BCUT2D eigenvalue weighted by molar-refractivity contribution is 9.10. The first-order valence-electron chi connectivity index (χ1n) is 6.14. The molecule has 98 valence electrons. The number of rotatable bonds is 1. The summed E-state index contributed by atoms with van der Waals surface area (Å²) >= 11 is 3.31. The summed E-state index contributed by atoms with van der Waals surface area (Å²) in [6.45, 7) is 0. The van der Waals surface area contributed by atoms with Gasteiger partial charge in [0.05, 0.1) is 6.07 Å². The smallest absolute Gasteiger partial charge is 0.135 e. The third kappa shape index (κ3) is 3.65. The Morgan fingerprint density at radius 2 is 2.00 bits per heavy atom. The predicted molar refractivity (Wildman–Crippen MR) is 76.2 cm³/mol. The Balaban J connectivity index is 0.000000163. The van der Waals surface area contributed by atoms with Crippen LogP contribution in [0.25, 0.3) is 0 Å². The minimum absolute atomic E-state index is 0.242. The molecule has 0 spiro atoms. The van der Waals surface area contributed by atoms with Crippen LogP contribution >= 0.6 is 15.9 Å². The summed E-state index contributed by atoms with van der Waals surface area (Å²) in [5.74, 6) is 1.72. The van der Waals surface area contributed by atoms with Gasteiger partial charge in [-0.1, -0.05) is 34.1 Å². The Bertz CT molecular complexity index is 552. The maximum absolute atomic E-state index is 8.58. The lowest BCUT2D eigenvalue weighted by molar-refractivity contribution is 0.312. The van der Waals surface area contributed by atoms with E-state index in [0.717, 1.165) is 23.1 Å². The van der Waals surface area contributed by atoms with Crippen molar-refractivity contribution in [2.75, 3.05) is 0 Å². The maximum atomic E-state index is 8.58. The highest BCUT2D eigenvalue weighted by Crippen LogP contribution is 2.39. The first kappa shape index (κ1) is 13.8. The maximum Gasteiger partial charge on any atom is 0.135 e. The number of hydrogen-bond donors (Lipinski definition) is 0. The van der Waals surface area contributed by atoms with E-state index in [4.69, 9.17) is 5.26 Å². The molecule has 2 aromatic rings. The quantitative estimate of drug-likeness (QED) is 0.810. The van der Waals surface area contributed by atoms with Crippen LogP contribution in [0, 0.1) is 17.2 Å². The standard InChI is InChI=1S/C8H10N4.C6H5Br/c1-12-5-10-11-8(12)7-2-6(3-7)4-9;7-6-4-2-1-3-5-6/h5-7H,2-3H2,1H3;1-5H. The molecular weight excluding hydrogens is 304 g/mol. The van der Waals surface area contributed by atoms with Crippen molar-refractivity contribution in [3.05, 3.63) is 47.0 Å². The number of nitriles is 1. The van der Waals surface area contributed by atoms with Gasteiger partial charge in [-0.15, -0.1) is 10.2 Å². The average molecular weight is 319 g/mol. The topological polar surface area (TPSA) is 54.5 Å². The fraction of sp³-hybridized carbons (Fsp3) is 0.357. The van der Waals surface area contributed by atoms with Gasteiger partial charge in [-0.3, -0.25) is 0 Å². The first-order chi connectivity index (χ1) is 9.20. The van der Waals surface area contributed by atoms with Gasteiger partial charge in [0.2, 0.25) is 0 Å². The molecule has 0 atom stereocenters. The van der Waals surface area contributed by atoms with Crippen molar-refractivity contribution in [1.82, 2.24) is 14.8 Å². The normalized spacial score (nSPS) is 20.7. The molecule has 3 rings (SSSR count). The molecule has 0 unspecified atom stereocenters. The molecule has 1 fully saturated rings. The molecule has 4 nitrogen and oxygen atoms in total. The number of halogens is 1. The molecule has 0 bridgehead atoms. The van der Waals surface area contributed by atoms with E-state index < -0.39 is 0 Å². The molecule has 0 radical (unpaired) electrons. The fourth-order valence-corrected chi connectivity index (χ4v) is 2.32. The van der Waals surface area contributed by atoms with Crippen LogP contribution in [0.15, 0.2) is 41.1 Å². The van der Waals surface area contributed by atoms with Gasteiger partial charge in [-0.05, 0) is 25.0 Å². The van der Waals surface area contributed by atoms with Gasteiger partial charge in [0.1, 0.15) is 12.2 Å². The van der Waals surface area contributed by atoms with Crippen LogP contribution in [0.3, 0.4) is 0 Å². The van der Waals surface area contributed by atoms with Gasteiger partial charge in [-0.25, -0.2) is 0 Å². The Morgan fingerprint density at radius 1 is 1.32 bits per heavy atom. The number of hydrogen-bond acceptors (Lipinski definition) is 3. The lowest BCUT2D eigenvalue weighted by Crippen LogP contribution is -2.22. The van der Waals surface area contributed by atoms with E-state index in [9.17, 15) is 0 Å². The number of aromatic nitrogens is 3. The van der Waals surface area contributed by atoms with Crippen molar-refractivity contribution < 1.29 is 0 Å². The van der Waals surface area contributed by atoms with Crippen LogP contribution in [-0.4, -0.2) is 14.8 Å². The lowest BCUT2D eigenvalue weighted by Gasteiger charge is -2.29. The molecule has 0 N–H and O–H groups in total. The van der Waals surface area contributed by atoms with Crippen LogP contribution < -0.4 is 0 Å². The molecule has 1 saturated carbocycles. The van der Waals surface area contributed by atoms with Gasteiger partial charge in [0.25, 0.3) is 0 Å². The van der Waals surface area contributed by atoms with Crippen molar-refractivity contribution in [2.45, 2.75) is 18.8 Å². The van der Waals surface area contributed by atoms with E-state index in [1.807, 2.05) is 41.9 Å². The van der Waals surface area contributed by atoms with Gasteiger partial charge >= 0.3 is 0 Å². The van der Waals surface area contributed by atoms with Gasteiger partial charge < -0.3 is 4.57 Å². The molecule has 1 heterocycles. The van der Waals surface area contributed by atoms with Crippen LogP contribution in [0.2, 0.25) is 0 Å². The molecule has 1 aromatic heterocycles. The summed E-state index contributed by atoms with van der Waals surface area (Å²) in [6.07, 6.45) is 3.60. The van der Waals surface area contributed by atoms with Gasteiger partial charge in [0, 0.05) is 23.4 Å². The molecule has 0 saturated heterocycles. The largest absolute Gasteiger partial charge is 0.320 e. The zero-order valence-corrected chi connectivity index (χ0v) is 12.3. The Hall–Kier alpha value is -1.67. The van der Waals surface area contributed by atoms with E-state index in [2.05, 4.69) is 32.2 Å². The van der Waals surface area contributed by atoms with E-state index >= 15 is 0 Å². The van der Waals surface area contributed by atoms with Crippen LogP contribution in [0.4, 0.5) is 0 Å². The minimum Gasteiger partial charge on any atom is -0.320 e. The molecule has 0 amide bonds. The summed E-state index contributed by atoms with van der Waals surface area (Å²) < 4.78 is 3.06. The number of benzene rings is 1. The monoisotopic (exact) mass is 318 g/mol. The Labute approximate surface area is 121 Å². The van der Waals surface area contributed by atoms with Gasteiger partial charge in [0.15, 0.2) is 0 Å².